The van der Waals surface area contributed by atoms with Crippen LogP contribution >= 0.6 is 11.6 Å². The molecule has 1 heterocycles. The van der Waals surface area contributed by atoms with E-state index in [1.165, 1.54) is 5.70 Å². The number of alkyl halides is 1. The van der Waals surface area contributed by atoms with Crippen molar-refractivity contribution in [1.29, 1.82) is 0 Å². The Labute approximate surface area is 91.6 Å². The number of allylic oxidation sites excluding steroid dienone is 4. The molecule has 0 aliphatic carbocycles. The standard InChI is InChI=1S/C11H19ClN2/c1-2-11(5-3-4-6-12)14-9-7-13-8-10-14/h3-5,13H,2,6-10H2,1H3/b4-3-,11-5+. The third-order valence-corrected chi connectivity index (χ3v) is 2.58. The van der Waals surface area contributed by atoms with Crippen LogP contribution in [0.5, 0.6) is 0 Å². The number of piperazine rings is 1. The molecule has 0 saturated carbocycles. The zero-order chi connectivity index (χ0) is 10.2. The van der Waals surface area contributed by atoms with Gasteiger partial charge in [0.15, 0.2) is 0 Å². The molecule has 2 nitrogen and oxygen atoms in total. The third-order valence-electron chi connectivity index (χ3n) is 2.40. The van der Waals surface area contributed by atoms with Crippen LogP contribution in [-0.2, 0) is 0 Å². The van der Waals surface area contributed by atoms with Crippen molar-refractivity contribution in [1.82, 2.24) is 10.2 Å². The normalized spacial score (nSPS) is 19.3. The molecule has 1 saturated heterocycles. The second-order valence-corrected chi connectivity index (χ2v) is 3.64. The van der Waals surface area contributed by atoms with Crippen LogP contribution in [0.2, 0.25) is 0 Å². The lowest BCUT2D eigenvalue weighted by molar-refractivity contribution is 0.292. The number of halogens is 1. The zero-order valence-corrected chi connectivity index (χ0v) is 9.56. The lowest BCUT2D eigenvalue weighted by Crippen LogP contribution is -2.42. The molecular weight excluding hydrogens is 196 g/mol. The lowest BCUT2D eigenvalue weighted by Gasteiger charge is -2.31. The third kappa shape index (κ3) is 3.72. The molecule has 80 valence electrons. The minimum atomic E-state index is 0.592. The van der Waals surface area contributed by atoms with Crippen LogP contribution in [0.4, 0.5) is 0 Å². The summed E-state index contributed by atoms with van der Waals surface area (Å²) in [6.45, 7) is 6.62. The van der Waals surface area contributed by atoms with Gasteiger partial charge < -0.3 is 10.2 Å². The maximum absolute atomic E-state index is 5.57. The summed E-state index contributed by atoms with van der Waals surface area (Å²) in [5.41, 5.74) is 1.41. The van der Waals surface area contributed by atoms with Crippen molar-refractivity contribution in [3.63, 3.8) is 0 Å². The highest BCUT2D eigenvalue weighted by molar-refractivity contribution is 6.18. The lowest BCUT2D eigenvalue weighted by atomic mass is 10.2. The Morgan fingerprint density at radius 3 is 2.71 bits per heavy atom. The van der Waals surface area contributed by atoms with E-state index in [-0.39, 0.29) is 0 Å². The van der Waals surface area contributed by atoms with Crippen LogP contribution in [0, 0.1) is 0 Å². The first-order chi connectivity index (χ1) is 6.88. The molecule has 3 heteroatoms. The van der Waals surface area contributed by atoms with Crippen LogP contribution < -0.4 is 5.32 Å². The predicted molar refractivity (Wildman–Crippen MR) is 62.7 cm³/mol. The van der Waals surface area contributed by atoms with Crippen molar-refractivity contribution in [2.24, 2.45) is 0 Å². The van der Waals surface area contributed by atoms with Gasteiger partial charge in [-0.05, 0) is 12.5 Å². The summed E-state index contributed by atoms with van der Waals surface area (Å²) in [7, 11) is 0. The monoisotopic (exact) mass is 214 g/mol. The summed E-state index contributed by atoms with van der Waals surface area (Å²) < 4.78 is 0. The fourth-order valence-corrected chi connectivity index (χ4v) is 1.73. The average Bonchev–Trinajstić information content (AvgIpc) is 2.26. The number of hydrogen-bond acceptors (Lipinski definition) is 2. The number of nitrogens with one attached hydrogen (secondary N) is 1. The van der Waals surface area contributed by atoms with Crippen molar-refractivity contribution in [2.45, 2.75) is 13.3 Å². The Hall–Kier alpha value is -0.470. The van der Waals surface area contributed by atoms with Crippen molar-refractivity contribution >= 4 is 11.6 Å². The van der Waals surface area contributed by atoms with Crippen LogP contribution in [0.3, 0.4) is 0 Å². The first-order valence-electron chi connectivity index (χ1n) is 5.25. The van der Waals surface area contributed by atoms with E-state index in [1.54, 1.807) is 0 Å². The molecular formula is C11H19ClN2. The molecule has 1 aliphatic heterocycles. The molecule has 0 aromatic carbocycles. The minimum absolute atomic E-state index is 0.592. The SMILES string of the molecule is CC/C(=C\C=C/CCl)N1CCNCC1. The van der Waals surface area contributed by atoms with Gasteiger partial charge in [-0.1, -0.05) is 19.1 Å². The van der Waals surface area contributed by atoms with Gasteiger partial charge in [-0.2, -0.15) is 0 Å². The molecule has 0 atom stereocenters. The summed E-state index contributed by atoms with van der Waals surface area (Å²) in [6.07, 6.45) is 7.29. The molecule has 1 aliphatic rings. The molecule has 0 aromatic rings. The molecule has 0 amide bonds. The van der Waals surface area contributed by atoms with Crippen LogP contribution in [-0.4, -0.2) is 37.0 Å². The maximum atomic E-state index is 5.57. The highest BCUT2D eigenvalue weighted by Crippen LogP contribution is 2.09. The van der Waals surface area contributed by atoms with Gasteiger partial charge in [-0.25, -0.2) is 0 Å². The molecule has 14 heavy (non-hydrogen) atoms. The summed E-state index contributed by atoms with van der Waals surface area (Å²) in [4.78, 5) is 2.44. The quantitative estimate of drug-likeness (QED) is 0.569. The Morgan fingerprint density at radius 1 is 1.43 bits per heavy atom. The van der Waals surface area contributed by atoms with E-state index in [0.717, 1.165) is 32.6 Å². The van der Waals surface area contributed by atoms with E-state index in [9.17, 15) is 0 Å². The van der Waals surface area contributed by atoms with Gasteiger partial charge in [0.2, 0.25) is 0 Å². The molecule has 0 unspecified atom stereocenters. The minimum Gasteiger partial charge on any atom is -0.372 e. The fraction of sp³-hybridized carbons (Fsp3) is 0.636. The molecule has 0 aromatic heterocycles. The van der Waals surface area contributed by atoms with Gasteiger partial charge in [0.1, 0.15) is 0 Å². The second-order valence-electron chi connectivity index (χ2n) is 3.33. The summed E-state index contributed by atoms with van der Waals surface area (Å²) in [6, 6.07) is 0. The molecule has 0 radical (unpaired) electrons. The van der Waals surface area contributed by atoms with E-state index in [1.807, 2.05) is 12.2 Å². The molecule has 1 fully saturated rings. The topological polar surface area (TPSA) is 15.3 Å². The first kappa shape index (κ1) is 11.6. The number of hydrogen-bond donors (Lipinski definition) is 1. The summed E-state index contributed by atoms with van der Waals surface area (Å²) in [5, 5.41) is 3.35. The zero-order valence-electron chi connectivity index (χ0n) is 8.80. The Bertz CT molecular complexity index is 205. The van der Waals surface area contributed by atoms with Gasteiger partial charge in [0, 0.05) is 37.8 Å². The second kappa shape index (κ2) is 6.91. The highest BCUT2D eigenvalue weighted by atomic mass is 35.5. The van der Waals surface area contributed by atoms with Gasteiger partial charge in [0.25, 0.3) is 0 Å². The average molecular weight is 215 g/mol. The van der Waals surface area contributed by atoms with E-state index in [2.05, 4.69) is 23.2 Å². The van der Waals surface area contributed by atoms with Crippen LogP contribution in [0.25, 0.3) is 0 Å². The summed E-state index contributed by atoms with van der Waals surface area (Å²) in [5.74, 6) is 0.592. The van der Waals surface area contributed by atoms with Gasteiger partial charge in [-0.15, -0.1) is 11.6 Å². The Kier molecular flexibility index (Phi) is 5.72. The largest absolute Gasteiger partial charge is 0.372 e. The van der Waals surface area contributed by atoms with Gasteiger partial charge in [-0.3, -0.25) is 0 Å². The van der Waals surface area contributed by atoms with Crippen LogP contribution in [0.1, 0.15) is 13.3 Å². The number of nitrogens with zero attached hydrogens (tertiary/aromatic N) is 1. The van der Waals surface area contributed by atoms with Crippen molar-refractivity contribution in [3.05, 3.63) is 23.9 Å². The Balaban J connectivity index is 2.50. The van der Waals surface area contributed by atoms with Gasteiger partial charge >= 0.3 is 0 Å². The first-order valence-corrected chi connectivity index (χ1v) is 5.79. The van der Waals surface area contributed by atoms with Crippen molar-refractivity contribution < 1.29 is 0 Å². The predicted octanol–water partition coefficient (Wildman–Crippen LogP) is 1.98. The maximum Gasteiger partial charge on any atom is 0.0407 e. The van der Waals surface area contributed by atoms with E-state index in [0.29, 0.717) is 5.88 Å². The molecule has 1 N–H and O–H groups in total. The summed E-state index contributed by atoms with van der Waals surface area (Å²) >= 11 is 5.57. The van der Waals surface area contributed by atoms with E-state index < -0.39 is 0 Å². The van der Waals surface area contributed by atoms with Gasteiger partial charge in [0.05, 0.1) is 0 Å². The fourth-order valence-electron chi connectivity index (χ4n) is 1.63. The number of rotatable bonds is 4. The van der Waals surface area contributed by atoms with E-state index >= 15 is 0 Å². The molecule has 0 spiro atoms. The molecule has 0 bridgehead atoms. The molecule has 1 rings (SSSR count). The van der Waals surface area contributed by atoms with Crippen molar-refractivity contribution in [2.75, 3.05) is 32.1 Å². The highest BCUT2D eigenvalue weighted by Gasteiger charge is 2.10. The van der Waals surface area contributed by atoms with Crippen molar-refractivity contribution in [3.8, 4) is 0 Å². The Morgan fingerprint density at radius 2 is 2.14 bits per heavy atom. The van der Waals surface area contributed by atoms with Crippen LogP contribution in [0.15, 0.2) is 23.9 Å². The van der Waals surface area contributed by atoms with E-state index in [4.69, 9.17) is 11.6 Å². The smallest absolute Gasteiger partial charge is 0.0407 e.